The number of aliphatic hydroxyl groups excluding tert-OH is 2. The van der Waals surface area contributed by atoms with Crippen LogP contribution in [0.25, 0.3) is 0 Å². The number of nitrogens with one attached hydrogen (secondary N) is 1. The van der Waals surface area contributed by atoms with Crippen molar-refractivity contribution < 1.29 is 38.3 Å². The Balaban J connectivity index is 0.000000276. The molecular formula is C35H46N4O8S4. The topological polar surface area (TPSA) is 163 Å². The summed E-state index contributed by atoms with van der Waals surface area (Å²) in [5, 5.41) is 21.2. The molecule has 278 valence electrons. The summed E-state index contributed by atoms with van der Waals surface area (Å²) in [6, 6.07) is 23.5. The minimum atomic E-state index is 0.0735. The van der Waals surface area contributed by atoms with Gasteiger partial charge in [0.05, 0.1) is 37.3 Å². The molecule has 4 aromatic rings. The average molecular weight is 779 g/mol. The second-order valence-corrected chi connectivity index (χ2v) is 14.1. The van der Waals surface area contributed by atoms with Gasteiger partial charge < -0.3 is 25.0 Å². The van der Waals surface area contributed by atoms with Gasteiger partial charge in [-0.25, -0.2) is 0 Å². The van der Waals surface area contributed by atoms with Crippen LogP contribution in [-0.4, -0.2) is 61.0 Å². The molecule has 7 N–H and O–H groups in total. The quantitative estimate of drug-likeness (QED) is 0.0201. The molecule has 16 heteroatoms. The van der Waals surface area contributed by atoms with Crippen LogP contribution in [0, 0.1) is 13.8 Å². The Bertz CT molecular complexity index is 1640. The van der Waals surface area contributed by atoms with Crippen molar-refractivity contribution in [3.05, 3.63) is 95.1 Å². The number of rotatable bonds is 20. The summed E-state index contributed by atoms with van der Waals surface area (Å²) >= 11 is 5.46. The fourth-order valence-electron chi connectivity index (χ4n) is 4.72. The highest BCUT2D eigenvalue weighted by Gasteiger charge is 2.12. The number of benzene rings is 4. The van der Waals surface area contributed by atoms with E-state index in [0.29, 0.717) is 26.2 Å². The van der Waals surface area contributed by atoms with Crippen LogP contribution in [0.5, 0.6) is 23.0 Å². The van der Waals surface area contributed by atoms with Crippen LogP contribution in [0.15, 0.2) is 92.4 Å². The van der Waals surface area contributed by atoms with E-state index in [1.807, 2.05) is 72.6 Å². The van der Waals surface area contributed by atoms with Gasteiger partial charge >= 0.3 is 0 Å². The lowest BCUT2D eigenvalue weighted by Gasteiger charge is -2.19. The monoisotopic (exact) mass is 778 g/mol. The molecule has 0 aliphatic carbocycles. The van der Waals surface area contributed by atoms with E-state index in [-0.39, 0.29) is 13.2 Å². The molecule has 0 saturated heterocycles. The average Bonchev–Trinajstić information content (AvgIpc) is 3.12. The van der Waals surface area contributed by atoms with Gasteiger partial charge in [0.25, 0.3) is 0 Å². The van der Waals surface area contributed by atoms with E-state index in [4.69, 9.17) is 40.1 Å². The standard InChI is InChI=1S/C18H24N2O4S2.C17H22N2O4S2/c1-13-10-15(4-7-18(13)25-3)22-17-6-5-16(26-24-23-19)11-14(17)12-20(2)8-9-21;1-12-9-14(3-6-17(12)24-2)21-16-5-4-15(25-23-22-18)10-13(16)11-19-7-8-20/h4-7,10-11,21H,8-9,12,19H2,1-3H3;3-6,9-10,19-20H,7-8,11,18H2,1-2H3. The highest BCUT2D eigenvalue weighted by atomic mass is 32.2. The molecule has 0 aliphatic heterocycles. The van der Waals surface area contributed by atoms with Crippen LogP contribution in [0.2, 0.25) is 0 Å². The largest absolute Gasteiger partial charge is 0.457 e. The minimum absolute atomic E-state index is 0.0735. The Kier molecular flexibility index (Phi) is 20.1. The Morgan fingerprint density at radius 3 is 1.65 bits per heavy atom. The second-order valence-electron chi connectivity index (χ2n) is 10.9. The van der Waals surface area contributed by atoms with Gasteiger partial charge in [0, 0.05) is 56.9 Å². The van der Waals surface area contributed by atoms with Crippen LogP contribution >= 0.6 is 47.6 Å². The van der Waals surface area contributed by atoms with E-state index in [1.165, 1.54) is 20.9 Å². The number of nitrogens with two attached hydrogens (primary N) is 2. The number of thioether (sulfide) groups is 2. The summed E-state index contributed by atoms with van der Waals surface area (Å²) in [7, 11) is 1.94. The molecule has 12 nitrogen and oxygen atoms in total. The van der Waals surface area contributed by atoms with E-state index in [0.717, 1.165) is 68.0 Å². The maximum absolute atomic E-state index is 9.14. The molecular weight excluding hydrogens is 733 g/mol. The summed E-state index contributed by atoms with van der Waals surface area (Å²) in [6.45, 7) is 6.54. The van der Waals surface area contributed by atoms with Crippen molar-refractivity contribution in [1.82, 2.24) is 10.2 Å². The molecule has 0 atom stereocenters. The number of aliphatic hydroxyl groups is 2. The van der Waals surface area contributed by atoms with Crippen molar-refractivity contribution in [1.29, 1.82) is 0 Å². The van der Waals surface area contributed by atoms with Crippen LogP contribution in [0.3, 0.4) is 0 Å². The third kappa shape index (κ3) is 14.8. The first-order chi connectivity index (χ1) is 24.7. The fourth-order valence-corrected chi connectivity index (χ4v) is 6.75. The SMILES string of the molecule is CSc1ccc(Oc2ccc(SOON)cc2CN(C)CCO)cc1C.CSc1ccc(Oc2ccc(SOON)cc2CNCCO)cc1C. The van der Waals surface area contributed by atoms with Gasteiger partial charge in [-0.2, -0.15) is 11.8 Å². The minimum Gasteiger partial charge on any atom is -0.457 e. The molecule has 0 radical (unpaired) electrons. The molecule has 0 spiro atoms. The number of nitrogens with zero attached hydrogens (tertiary/aromatic N) is 1. The van der Waals surface area contributed by atoms with Crippen molar-refractivity contribution in [2.45, 2.75) is 46.5 Å². The van der Waals surface area contributed by atoms with Crippen molar-refractivity contribution in [2.75, 3.05) is 45.9 Å². The van der Waals surface area contributed by atoms with Crippen LogP contribution in [0.4, 0.5) is 0 Å². The highest BCUT2D eigenvalue weighted by Crippen LogP contribution is 2.34. The highest BCUT2D eigenvalue weighted by molar-refractivity contribution is 7.99. The number of ether oxygens (including phenoxy) is 2. The molecule has 4 aromatic carbocycles. The van der Waals surface area contributed by atoms with Crippen LogP contribution in [0.1, 0.15) is 22.3 Å². The van der Waals surface area contributed by atoms with Gasteiger partial charge in [-0.1, -0.05) is 0 Å². The van der Waals surface area contributed by atoms with Gasteiger partial charge in [0.15, 0.2) is 0 Å². The summed E-state index contributed by atoms with van der Waals surface area (Å²) in [4.78, 5) is 14.4. The number of hydrogen-bond donors (Lipinski definition) is 5. The predicted molar refractivity (Wildman–Crippen MR) is 206 cm³/mol. The second kappa shape index (κ2) is 23.9. The van der Waals surface area contributed by atoms with Gasteiger partial charge in [0.1, 0.15) is 23.0 Å². The van der Waals surface area contributed by atoms with Crippen molar-refractivity contribution in [3.8, 4) is 23.0 Å². The molecule has 0 saturated carbocycles. The number of likely N-dealkylation sites (N-methyl/N-ethyl adjacent to an activating group) is 1. The van der Waals surface area contributed by atoms with Crippen LogP contribution in [-0.2, 0) is 31.7 Å². The van der Waals surface area contributed by atoms with Gasteiger partial charge in [-0.15, -0.1) is 42.2 Å². The summed E-state index contributed by atoms with van der Waals surface area (Å²) in [6.07, 6.45) is 4.11. The summed E-state index contributed by atoms with van der Waals surface area (Å²) in [5.74, 6) is 12.8. The first-order valence-corrected chi connectivity index (χ1v) is 19.6. The van der Waals surface area contributed by atoms with Gasteiger partial charge in [-0.3, -0.25) is 4.90 Å². The lowest BCUT2D eigenvalue weighted by atomic mass is 10.2. The van der Waals surface area contributed by atoms with Crippen molar-refractivity contribution in [3.63, 3.8) is 0 Å². The maximum atomic E-state index is 9.14. The molecule has 0 fully saturated rings. The molecule has 0 amide bonds. The van der Waals surface area contributed by atoms with E-state index in [2.05, 4.69) is 53.8 Å². The normalized spacial score (nSPS) is 11.0. The van der Waals surface area contributed by atoms with Crippen molar-refractivity contribution >= 4 is 47.6 Å². The van der Waals surface area contributed by atoms with Crippen LogP contribution < -0.4 is 26.6 Å². The fraction of sp³-hybridized carbons (Fsp3) is 0.314. The molecule has 4 rings (SSSR count). The van der Waals surface area contributed by atoms with Crippen molar-refractivity contribution in [2.24, 2.45) is 11.8 Å². The Morgan fingerprint density at radius 1 is 0.686 bits per heavy atom. The molecule has 0 aliphatic rings. The van der Waals surface area contributed by atoms with E-state index < -0.39 is 0 Å². The third-order valence-corrected chi connectivity index (χ3v) is 10.1. The first kappa shape index (κ1) is 42.9. The van der Waals surface area contributed by atoms with E-state index in [9.17, 15) is 0 Å². The summed E-state index contributed by atoms with van der Waals surface area (Å²) in [5.41, 5.74) is 4.25. The third-order valence-electron chi connectivity index (χ3n) is 7.12. The zero-order valence-corrected chi connectivity index (χ0v) is 32.5. The molecule has 0 unspecified atom stereocenters. The summed E-state index contributed by atoms with van der Waals surface area (Å²) < 4.78 is 21.6. The molecule has 0 heterocycles. The Hall–Kier alpha value is -2.52. The lowest BCUT2D eigenvalue weighted by molar-refractivity contribution is -0.195. The molecule has 0 bridgehead atoms. The van der Waals surface area contributed by atoms with Gasteiger partial charge in [-0.05, 0) is 117 Å². The molecule has 51 heavy (non-hydrogen) atoms. The first-order valence-electron chi connectivity index (χ1n) is 15.7. The number of aryl methyl sites for hydroxylation is 2. The Morgan fingerprint density at radius 2 is 1.20 bits per heavy atom. The zero-order chi connectivity index (χ0) is 37.0. The Labute approximate surface area is 317 Å². The maximum Gasteiger partial charge on any atom is 0.132 e. The lowest BCUT2D eigenvalue weighted by Crippen LogP contribution is -2.21. The number of hydrogen-bond acceptors (Lipinski definition) is 16. The van der Waals surface area contributed by atoms with E-state index >= 15 is 0 Å². The van der Waals surface area contributed by atoms with E-state index in [1.54, 1.807) is 23.5 Å². The predicted octanol–water partition coefficient (Wildman–Crippen LogP) is 7.18. The smallest absolute Gasteiger partial charge is 0.132 e. The molecule has 0 aromatic heterocycles. The van der Waals surface area contributed by atoms with Gasteiger partial charge in [0.2, 0.25) is 0 Å². The zero-order valence-electron chi connectivity index (χ0n) is 29.2.